The lowest BCUT2D eigenvalue weighted by Gasteiger charge is -2.14. The summed E-state index contributed by atoms with van der Waals surface area (Å²) >= 11 is 6.11. The number of ether oxygens (including phenoxy) is 2. The molecule has 24 heavy (non-hydrogen) atoms. The maximum atomic E-state index is 12.2. The zero-order valence-electron chi connectivity index (χ0n) is 14.0. The lowest BCUT2D eigenvalue weighted by Crippen LogP contribution is -2.22. The van der Waals surface area contributed by atoms with Crippen LogP contribution < -0.4 is 20.1 Å². The van der Waals surface area contributed by atoms with Crippen molar-refractivity contribution in [3.63, 3.8) is 0 Å². The molecule has 0 aliphatic heterocycles. The highest BCUT2D eigenvalue weighted by Gasteiger charge is 2.12. The second-order valence-corrected chi connectivity index (χ2v) is 5.51. The van der Waals surface area contributed by atoms with Gasteiger partial charge in [-0.1, -0.05) is 36.7 Å². The first-order valence-electron chi connectivity index (χ1n) is 7.62. The van der Waals surface area contributed by atoms with Crippen molar-refractivity contribution in [2.45, 2.75) is 13.3 Å². The molecular formula is C18H21ClN2O3. The van der Waals surface area contributed by atoms with Crippen LogP contribution in [0.2, 0.25) is 5.02 Å². The molecule has 2 rings (SSSR count). The first-order chi connectivity index (χ1) is 11.6. The van der Waals surface area contributed by atoms with Crippen molar-refractivity contribution in [3.8, 4) is 11.5 Å². The molecule has 0 radical (unpaired) electrons. The second-order valence-electron chi connectivity index (χ2n) is 5.10. The monoisotopic (exact) mass is 348 g/mol. The van der Waals surface area contributed by atoms with Crippen LogP contribution in [-0.2, 0) is 11.2 Å². The average Bonchev–Trinajstić information content (AvgIpc) is 2.60. The lowest BCUT2D eigenvalue weighted by atomic mass is 10.1. The number of anilines is 2. The molecule has 0 saturated carbocycles. The molecule has 2 aromatic rings. The first-order valence-corrected chi connectivity index (χ1v) is 8.00. The Morgan fingerprint density at radius 2 is 1.79 bits per heavy atom. The van der Waals surface area contributed by atoms with E-state index in [4.69, 9.17) is 21.1 Å². The van der Waals surface area contributed by atoms with Crippen molar-refractivity contribution in [2.75, 3.05) is 31.4 Å². The molecular weight excluding hydrogens is 328 g/mol. The third kappa shape index (κ3) is 4.32. The quantitative estimate of drug-likeness (QED) is 0.794. The van der Waals surface area contributed by atoms with Crippen molar-refractivity contribution < 1.29 is 14.3 Å². The van der Waals surface area contributed by atoms with Gasteiger partial charge in [-0.3, -0.25) is 4.79 Å². The number of methoxy groups -OCH3 is 2. The minimum absolute atomic E-state index is 0.143. The standard InChI is InChI=1S/C18H21ClN2O3/c1-4-12-7-5-6-8-14(12)20-11-18(22)21-15-9-13(19)16(23-2)10-17(15)24-3/h5-10,20H,4,11H2,1-3H3,(H,21,22). The van der Waals surface area contributed by atoms with Crippen LogP contribution in [0.25, 0.3) is 0 Å². The number of amides is 1. The van der Waals surface area contributed by atoms with Crippen LogP contribution in [0.1, 0.15) is 12.5 Å². The van der Waals surface area contributed by atoms with Gasteiger partial charge in [0.25, 0.3) is 0 Å². The summed E-state index contributed by atoms with van der Waals surface area (Å²) in [5, 5.41) is 6.34. The normalized spacial score (nSPS) is 10.2. The number of hydrogen-bond acceptors (Lipinski definition) is 4. The zero-order valence-corrected chi connectivity index (χ0v) is 14.7. The highest BCUT2D eigenvalue weighted by Crippen LogP contribution is 2.35. The fourth-order valence-electron chi connectivity index (χ4n) is 2.33. The van der Waals surface area contributed by atoms with Crippen LogP contribution in [-0.4, -0.2) is 26.7 Å². The minimum atomic E-state index is -0.194. The predicted octanol–water partition coefficient (Wildman–Crippen LogP) is 3.97. The molecule has 5 nitrogen and oxygen atoms in total. The van der Waals surface area contributed by atoms with Crippen LogP contribution >= 0.6 is 11.6 Å². The zero-order chi connectivity index (χ0) is 17.5. The van der Waals surface area contributed by atoms with Gasteiger partial charge < -0.3 is 20.1 Å². The minimum Gasteiger partial charge on any atom is -0.495 e. The summed E-state index contributed by atoms with van der Waals surface area (Å²) in [6, 6.07) is 11.2. The Labute approximate surface area is 146 Å². The van der Waals surface area contributed by atoms with Gasteiger partial charge in [0.15, 0.2) is 0 Å². The molecule has 0 fully saturated rings. The van der Waals surface area contributed by atoms with E-state index in [0.717, 1.165) is 17.7 Å². The lowest BCUT2D eigenvalue weighted by molar-refractivity contribution is -0.114. The fourth-order valence-corrected chi connectivity index (χ4v) is 2.57. The summed E-state index contributed by atoms with van der Waals surface area (Å²) in [6.45, 7) is 2.22. The number of nitrogens with one attached hydrogen (secondary N) is 2. The van der Waals surface area contributed by atoms with E-state index in [1.54, 1.807) is 12.1 Å². The largest absolute Gasteiger partial charge is 0.495 e. The molecule has 2 N–H and O–H groups in total. The average molecular weight is 349 g/mol. The molecule has 0 spiro atoms. The predicted molar refractivity (Wildman–Crippen MR) is 97.5 cm³/mol. The van der Waals surface area contributed by atoms with Crippen LogP contribution in [0.4, 0.5) is 11.4 Å². The Hall–Kier alpha value is -2.40. The smallest absolute Gasteiger partial charge is 0.243 e. The number of halogens is 1. The van der Waals surface area contributed by atoms with E-state index in [0.29, 0.717) is 22.2 Å². The number of carbonyl (C=O) groups excluding carboxylic acids is 1. The van der Waals surface area contributed by atoms with E-state index in [9.17, 15) is 4.79 Å². The van der Waals surface area contributed by atoms with E-state index >= 15 is 0 Å². The number of benzene rings is 2. The van der Waals surface area contributed by atoms with Crippen molar-refractivity contribution in [3.05, 3.63) is 47.0 Å². The molecule has 0 bridgehead atoms. The third-order valence-electron chi connectivity index (χ3n) is 3.59. The summed E-state index contributed by atoms with van der Waals surface area (Å²) in [4.78, 5) is 12.2. The van der Waals surface area contributed by atoms with Gasteiger partial charge in [-0.05, 0) is 24.1 Å². The number of aryl methyl sites for hydroxylation is 1. The molecule has 0 aliphatic carbocycles. The van der Waals surface area contributed by atoms with Gasteiger partial charge in [-0.2, -0.15) is 0 Å². The van der Waals surface area contributed by atoms with Gasteiger partial charge in [-0.15, -0.1) is 0 Å². The molecule has 6 heteroatoms. The number of rotatable bonds is 7. The fraction of sp³-hybridized carbons (Fsp3) is 0.278. The van der Waals surface area contributed by atoms with E-state index in [2.05, 4.69) is 17.6 Å². The molecule has 0 aromatic heterocycles. The van der Waals surface area contributed by atoms with Crippen molar-refractivity contribution in [1.82, 2.24) is 0 Å². The van der Waals surface area contributed by atoms with Gasteiger partial charge >= 0.3 is 0 Å². The van der Waals surface area contributed by atoms with E-state index in [1.165, 1.54) is 14.2 Å². The van der Waals surface area contributed by atoms with Crippen LogP contribution in [0, 0.1) is 0 Å². The van der Waals surface area contributed by atoms with Gasteiger partial charge in [0, 0.05) is 11.8 Å². The molecule has 0 heterocycles. The van der Waals surface area contributed by atoms with Crippen LogP contribution in [0.3, 0.4) is 0 Å². The van der Waals surface area contributed by atoms with Crippen molar-refractivity contribution >= 4 is 28.9 Å². The number of carbonyl (C=O) groups is 1. The first kappa shape index (κ1) is 17.9. The van der Waals surface area contributed by atoms with E-state index in [1.807, 2.05) is 24.3 Å². The molecule has 0 unspecified atom stereocenters. The van der Waals surface area contributed by atoms with Crippen LogP contribution in [0.15, 0.2) is 36.4 Å². The molecule has 0 saturated heterocycles. The van der Waals surface area contributed by atoms with Gasteiger partial charge in [-0.25, -0.2) is 0 Å². The maximum Gasteiger partial charge on any atom is 0.243 e. The van der Waals surface area contributed by atoms with Gasteiger partial charge in [0.1, 0.15) is 11.5 Å². The molecule has 0 aliphatic rings. The van der Waals surface area contributed by atoms with Gasteiger partial charge in [0.2, 0.25) is 5.91 Å². The SMILES string of the molecule is CCc1ccccc1NCC(=O)Nc1cc(Cl)c(OC)cc1OC. The molecule has 1 amide bonds. The van der Waals surface area contributed by atoms with Crippen molar-refractivity contribution in [2.24, 2.45) is 0 Å². The summed E-state index contributed by atoms with van der Waals surface area (Å²) in [6.07, 6.45) is 0.896. The second kappa shape index (κ2) is 8.45. The molecule has 0 atom stereocenters. The highest BCUT2D eigenvalue weighted by atomic mass is 35.5. The number of hydrogen-bond donors (Lipinski definition) is 2. The van der Waals surface area contributed by atoms with Crippen molar-refractivity contribution in [1.29, 1.82) is 0 Å². The summed E-state index contributed by atoms with van der Waals surface area (Å²) in [7, 11) is 3.04. The number of para-hydroxylation sites is 1. The maximum absolute atomic E-state index is 12.2. The Kier molecular flexibility index (Phi) is 6.32. The Morgan fingerprint density at radius 3 is 2.46 bits per heavy atom. The molecule has 2 aromatic carbocycles. The summed E-state index contributed by atoms with van der Waals surface area (Å²) in [5.74, 6) is 0.778. The Bertz CT molecular complexity index is 719. The Balaban J connectivity index is 2.06. The topological polar surface area (TPSA) is 59.6 Å². The summed E-state index contributed by atoms with van der Waals surface area (Å²) in [5.41, 5.74) is 2.61. The molecule has 128 valence electrons. The summed E-state index contributed by atoms with van der Waals surface area (Å²) < 4.78 is 10.4. The van der Waals surface area contributed by atoms with Gasteiger partial charge in [0.05, 0.1) is 31.5 Å². The third-order valence-corrected chi connectivity index (χ3v) is 3.88. The van der Waals surface area contributed by atoms with E-state index < -0.39 is 0 Å². The Morgan fingerprint density at radius 1 is 1.08 bits per heavy atom. The van der Waals surface area contributed by atoms with Crippen LogP contribution in [0.5, 0.6) is 11.5 Å². The van der Waals surface area contributed by atoms with E-state index in [-0.39, 0.29) is 12.5 Å². The highest BCUT2D eigenvalue weighted by molar-refractivity contribution is 6.32.